The van der Waals surface area contributed by atoms with E-state index in [1.54, 1.807) is 0 Å². The molecule has 7 aromatic carbocycles. The average Bonchev–Trinajstić information content (AvgIpc) is 3.44. The van der Waals surface area contributed by atoms with Crippen LogP contribution in [0.15, 0.2) is 176 Å². The predicted molar refractivity (Wildman–Crippen MR) is 186 cm³/mol. The second kappa shape index (κ2) is 11.2. The summed E-state index contributed by atoms with van der Waals surface area (Å²) in [6.45, 7) is 0. The van der Waals surface area contributed by atoms with Crippen LogP contribution in [0.25, 0.3) is 60.9 Å². The van der Waals surface area contributed by atoms with E-state index in [9.17, 15) is 0 Å². The Balaban J connectivity index is 0.974. The molecular weight excluding hydrogens is 530 g/mol. The minimum Gasteiger partial charge on any atom is -0.309 e. The molecule has 0 amide bonds. The molecule has 0 atom stereocenters. The van der Waals surface area contributed by atoms with E-state index in [1.807, 2.05) is 0 Å². The average molecular weight is 562 g/mol. The number of fused-ring (bicyclic) bond motifs is 3. The molecule has 1 aromatic heterocycles. The molecular formula is C43H31N. The molecule has 8 rings (SSSR count). The molecule has 1 heteroatoms. The van der Waals surface area contributed by atoms with Crippen molar-refractivity contribution in [1.82, 2.24) is 4.57 Å². The highest BCUT2D eigenvalue weighted by molar-refractivity contribution is 6.09. The van der Waals surface area contributed by atoms with Crippen LogP contribution in [-0.4, -0.2) is 4.57 Å². The number of benzene rings is 7. The number of hydrogen-bond acceptors (Lipinski definition) is 0. The maximum atomic E-state index is 2.36. The summed E-state index contributed by atoms with van der Waals surface area (Å²) in [5.41, 5.74) is 13.7. The van der Waals surface area contributed by atoms with E-state index in [2.05, 4.69) is 180 Å². The Morgan fingerprint density at radius 1 is 0.295 bits per heavy atom. The molecule has 0 radical (unpaired) electrons. The highest BCUT2D eigenvalue weighted by Gasteiger charge is 2.11. The first-order chi connectivity index (χ1) is 21.8. The van der Waals surface area contributed by atoms with Gasteiger partial charge in [-0.15, -0.1) is 0 Å². The van der Waals surface area contributed by atoms with E-state index in [0.717, 1.165) is 6.42 Å². The fourth-order valence-electron chi connectivity index (χ4n) is 6.36. The van der Waals surface area contributed by atoms with Crippen molar-refractivity contribution in [3.63, 3.8) is 0 Å². The van der Waals surface area contributed by atoms with Gasteiger partial charge in [-0.1, -0.05) is 152 Å². The van der Waals surface area contributed by atoms with E-state index in [4.69, 9.17) is 0 Å². The third-order valence-corrected chi connectivity index (χ3v) is 8.68. The SMILES string of the molecule is c1ccc(-c2ccc(-c3ccc(Cc4ccc(-c5ccc(-n6c7ccccc7c7ccccc76)cc5)cc4)cc3)cc2)cc1. The van der Waals surface area contributed by atoms with Crippen molar-refractivity contribution in [3.05, 3.63) is 187 Å². The molecule has 0 fully saturated rings. The van der Waals surface area contributed by atoms with Crippen molar-refractivity contribution in [1.29, 1.82) is 0 Å². The minimum absolute atomic E-state index is 0.917. The summed E-state index contributed by atoms with van der Waals surface area (Å²) in [7, 11) is 0. The maximum Gasteiger partial charge on any atom is 0.0541 e. The Hall–Kier alpha value is -5.66. The summed E-state index contributed by atoms with van der Waals surface area (Å²) in [5, 5.41) is 2.57. The third-order valence-electron chi connectivity index (χ3n) is 8.68. The van der Waals surface area contributed by atoms with Crippen LogP contribution in [0.4, 0.5) is 0 Å². The zero-order chi connectivity index (χ0) is 29.3. The second-order valence-corrected chi connectivity index (χ2v) is 11.4. The standard InChI is InChI=1S/C43H31N/c1-2-8-33(9-3-1)36-22-24-37(25-23-36)34-18-14-31(15-19-34)30-32-16-20-35(21-17-32)38-26-28-39(29-27-38)44-42-12-6-4-10-40(42)41-11-5-7-13-43(41)44/h1-29H,30H2. The fraction of sp³-hybridized carbons (Fsp3) is 0.0233. The first-order valence-electron chi connectivity index (χ1n) is 15.2. The van der Waals surface area contributed by atoms with Gasteiger partial charge in [0.1, 0.15) is 0 Å². The zero-order valence-corrected chi connectivity index (χ0v) is 24.4. The Morgan fingerprint density at radius 2 is 0.636 bits per heavy atom. The van der Waals surface area contributed by atoms with Gasteiger partial charge < -0.3 is 4.57 Å². The topological polar surface area (TPSA) is 4.93 Å². The number of nitrogens with zero attached hydrogens (tertiary/aromatic N) is 1. The molecule has 0 saturated carbocycles. The van der Waals surface area contributed by atoms with Crippen molar-refractivity contribution in [2.24, 2.45) is 0 Å². The third kappa shape index (κ3) is 4.89. The van der Waals surface area contributed by atoms with Crippen LogP contribution >= 0.6 is 0 Å². The summed E-state index contributed by atoms with van der Waals surface area (Å²) >= 11 is 0. The highest BCUT2D eigenvalue weighted by Crippen LogP contribution is 2.33. The number of aromatic nitrogens is 1. The quantitative estimate of drug-likeness (QED) is 0.190. The molecule has 0 bridgehead atoms. The lowest BCUT2D eigenvalue weighted by molar-refractivity contribution is 1.18. The van der Waals surface area contributed by atoms with Gasteiger partial charge in [-0.25, -0.2) is 0 Å². The lowest BCUT2D eigenvalue weighted by Crippen LogP contribution is -1.93. The monoisotopic (exact) mass is 561 g/mol. The largest absolute Gasteiger partial charge is 0.309 e. The van der Waals surface area contributed by atoms with E-state index in [1.165, 1.54) is 72.0 Å². The molecule has 0 spiro atoms. The van der Waals surface area contributed by atoms with Crippen molar-refractivity contribution >= 4 is 21.8 Å². The van der Waals surface area contributed by atoms with Gasteiger partial charge in [0.2, 0.25) is 0 Å². The van der Waals surface area contributed by atoms with E-state index < -0.39 is 0 Å². The smallest absolute Gasteiger partial charge is 0.0541 e. The predicted octanol–water partition coefficient (Wildman–Crippen LogP) is 11.4. The van der Waals surface area contributed by atoms with Crippen LogP contribution in [0.5, 0.6) is 0 Å². The molecule has 0 N–H and O–H groups in total. The summed E-state index contributed by atoms with van der Waals surface area (Å²) in [6, 6.07) is 63.6. The molecule has 8 aromatic rings. The zero-order valence-electron chi connectivity index (χ0n) is 24.4. The van der Waals surface area contributed by atoms with Gasteiger partial charge in [0, 0.05) is 16.5 Å². The lowest BCUT2D eigenvalue weighted by Gasteiger charge is -2.10. The Morgan fingerprint density at radius 3 is 1.09 bits per heavy atom. The molecule has 0 aliphatic rings. The molecule has 44 heavy (non-hydrogen) atoms. The van der Waals surface area contributed by atoms with Crippen molar-refractivity contribution < 1.29 is 0 Å². The second-order valence-electron chi connectivity index (χ2n) is 11.4. The van der Waals surface area contributed by atoms with E-state index >= 15 is 0 Å². The first-order valence-corrected chi connectivity index (χ1v) is 15.2. The first kappa shape index (κ1) is 26.0. The summed E-state index contributed by atoms with van der Waals surface area (Å²) in [6.07, 6.45) is 0.917. The van der Waals surface area contributed by atoms with Crippen molar-refractivity contribution in [2.75, 3.05) is 0 Å². The maximum absolute atomic E-state index is 2.36. The molecule has 1 heterocycles. The number of hydrogen-bond donors (Lipinski definition) is 0. The van der Waals surface area contributed by atoms with Crippen LogP contribution < -0.4 is 0 Å². The number of rotatable bonds is 6. The normalized spacial score (nSPS) is 11.3. The van der Waals surface area contributed by atoms with Crippen LogP contribution in [0.1, 0.15) is 11.1 Å². The number of para-hydroxylation sites is 2. The van der Waals surface area contributed by atoms with E-state index in [0.29, 0.717) is 0 Å². The van der Waals surface area contributed by atoms with Gasteiger partial charge in [0.15, 0.2) is 0 Å². The molecule has 0 unspecified atom stereocenters. The van der Waals surface area contributed by atoms with Gasteiger partial charge >= 0.3 is 0 Å². The summed E-state index contributed by atoms with van der Waals surface area (Å²) in [4.78, 5) is 0. The molecule has 0 aliphatic carbocycles. The van der Waals surface area contributed by atoms with Crippen LogP contribution in [0.2, 0.25) is 0 Å². The highest BCUT2D eigenvalue weighted by atomic mass is 15.0. The summed E-state index contributed by atoms with van der Waals surface area (Å²) < 4.78 is 2.36. The van der Waals surface area contributed by atoms with Crippen molar-refractivity contribution in [2.45, 2.75) is 6.42 Å². The van der Waals surface area contributed by atoms with Crippen LogP contribution in [0.3, 0.4) is 0 Å². The Bertz CT molecular complexity index is 2130. The van der Waals surface area contributed by atoms with Gasteiger partial charge in [-0.05, 0) is 75.2 Å². The Kier molecular flexibility index (Phi) is 6.62. The van der Waals surface area contributed by atoms with Crippen LogP contribution in [-0.2, 0) is 6.42 Å². The molecule has 208 valence electrons. The summed E-state index contributed by atoms with van der Waals surface area (Å²) in [5.74, 6) is 0. The van der Waals surface area contributed by atoms with Gasteiger partial charge in [-0.3, -0.25) is 0 Å². The molecule has 0 saturated heterocycles. The van der Waals surface area contributed by atoms with Gasteiger partial charge in [0.05, 0.1) is 11.0 Å². The van der Waals surface area contributed by atoms with Crippen molar-refractivity contribution in [3.8, 4) is 39.1 Å². The van der Waals surface area contributed by atoms with Gasteiger partial charge in [0.25, 0.3) is 0 Å². The minimum atomic E-state index is 0.917. The lowest BCUT2D eigenvalue weighted by atomic mass is 9.97. The molecule has 0 aliphatic heterocycles. The Labute approximate surface area is 258 Å². The fourth-order valence-corrected chi connectivity index (χ4v) is 6.36. The van der Waals surface area contributed by atoms with Crippen LogP contribution in [0, 0.1) is 0 Å². The molecule has 1 nitrogen and oxygen atoms in total. The van der Waals surface area contributed by atoms with E-state index in [-0.39, 0.29) is 0 Å². The van der Waals surface area contributed by atoms with Gasteiger partial charge in [-0.2, -0.15) is 0 Å².